The molecule has 2 aromatic rings. The van der Waals surface area contributed by atoms with Crippen LogP contribution < -0.4 is 0 Å². The SMILES string of the molecule is O=C(c1ccc(C2(F)COC2)cc1)N1CCN(C(=O)c2ccccc2F)CC1. The zero-order chi connectivity index (χ0) is 19.7. The second-order valence-corrected chi connectivity index (χ2v) is 7.10. The highest BCUT2D eigenvalue weighted by molar-refractivity contribution is 5.96. The Kier molecular flexibility index (Phi) is 4.85. The Morgan fingerprint density at radius 3 is 1.96 bits per heavy atom. The number of carbonyl (C=O) groups excluding carboxylic acids is 2. The minimum atomic E-state index is -1.46. The van der Waals surface area contributed by atoms with Gasteiger partial charge in [-0.15, -0.1) is 0 Å². The number of amides is 2. The first-order valence-corrected chi connectivity index (χ1v) is 9.18. The third-order valence-electron chi connectivity index (χ3n) is 5.27. The molecule has 0 atom stereocenters. The van der Waals surface area contributed by atoms with Crippen LogP contribution >= 0.6 is 0 Å². The molecule has 0 aromatic heterocycles. The molecular weight excluding hydrogens is 366 g/mol. The van der Waals surface area contributed by atoms with E-state index in [4.69, 9.17) is 4.74 Å². The molecule has 0 radical (unpaired) electrons. The molecule has 146 valence electrons. The summed E-state index contributed by atoms with van der Waals surface area (Å²) in [6, 6.07) is 12.4. The molecule has 2 amide bonds. The number of benzene rings is 2. The summed E-state index contributed by atoms with van der Waals surface area (Å²) < 4.78 is 33.1. The molecule has 2 heterocycles. The maximum absolute atomic E-state index is 14.3. The summed E-state index contributed by atoms with van der Waals surface area (Å²) in [5, 5.41) is 0. The maximum Gasteiger partial charge on any atom is 0.256 e. The van der Waals surface area contributed by atoms with Crippen molar-refractivity contribution >= 4 is 11.8 Å². The lowest BCUT2D eigenvalue weighted by Gasteiger charge is -2.35. The van der Waals surface area contributed by atoms with E-state index in [1.54, 1.807) is 40.1 Å². The van der Waals surface area contributed by atoms with Crippen molar-refractivity contribution in [3.8, 4) is 0 Å². The number of hydrogen-bond donors (Lipinski definition) is 0. The number of nitrogens with zero attached hydrogens (tertiary/aromatic N) is 2. The van der Waals surface area contributed by atoms with Crippen LogP contribution in [0.15, 0.2) is 48.5 Å². The molecule has 0 bridgehead atoms. The van der Waals surface area contributed by atoms with Crippen molar-refractivity contribution in [2.75, 3.05) is 39.4 Å². The Morgan fingerprint density at radius 2 is 1.43 bits per heavy atom. The normalized spacial score (nSPS) is 18.5. The Bertz CT molecular complexity index is 889. The molecule has 0 saturated carbocycles. The highest BCUT2D eigenvalue weighted by Crippen LogP contribution is 2.33. The predicted molar refractivity (Wildman–Crippen MR) is 98.3 cm³/mol. The van der Waals surface area contributed by atoms with E-state index in [9.17, 15) is 18.4 Å². The molecule has 0 unspecified atom stereocenters. The van der Waals surface area contributed by atoms with Crippen LogP contribution in [0, 0.1) is 5.82 Å². The first-order chi connectivity index (χ1) is 13.5. The average Bonchev–Trinajstić information content (AvgIpc) is 2.71. The van der Waals surface area contributed by atoms with Gasteiger partial charge in [-0.05, 0) is 29.8 Å². The smallest absolute Gasteiger partial charge is 0.256 e. The molecule has 0 N–H and O–H groups in total. The number of hydrogen-bond acceptors (Lipinski definition) is 3. The van der Waals surface area contributed by atoms with Crippen LogP contribution in [0.2, 0.25) is 0 Å². The van der Waals surface area contributed by atoms with Crippen molar-refractivity contribution in [1.82, 2.24) is 9.80 Å². The van der Waals surface area contributed by atoms with Crippen LogP contribution in [-0.4, -0.2) is 61.0 Å². The first-order valence-electron chi connectivity index (χ1n) is 9.18. The lowest BCUT2D eigenvalue weighted by Crippen LogP contribution is -2.50. The van der Waals surface area contributed by atoms with E-state index in [2.05, 4.69) is 0 Å². The van der Waals surface area contributed by atoms with Gasteiger partial charge in [-0.25, -0.2) is 8.78 Å². The quantitative estimate of drug-likeness (QED) is 0.815. The minimum absolute atomic E-state index is 0.0398. The van der Waals surface area contributed by atoms with Gasteiger partial charge in [0.25, 0.3) is 11.8 Å². The van der Waals surface area contributed by atoms with E-state index in [0.717, 1.165) is 0 Å². The number of piperazine rings is 1. The zero-order valence-corrected chi connectivity index (χ0v) is 15.2. The van der Waals surface area contributed by atoms with Crippen molar-refractivity contribution in [3.05, 3.63) is 71.0 Å². The molecule has 5 nitrogen and oxygen atoms in total. The second-order valence-electron chi connectivity index (χ2n) is 7.10. The number of rotatable bonds is 3. The lowest BCUT2D eigenvalue weighted by molar-refractivity contribution is -0.135. The first kappa shape index (κ1) is 18.6. The van der Waals surface area contributed by atoms with Gasteiger partial charge in [0.2, 0.25) is 0 Å². The topological polar surface area (TPSA) is 49.9 Å². The molecule has 2 aliphatic rings. The minimum Gasteiger partial charge on any atom is -0.374 e. The van der Waals surface area contributed by atoms with Crippen molar-refractivity contribution in [3.63, 3.8) is 0 Å². The molecule has 2 fully saturated rings. The van der Waals surface area contributed by atoms with Gasteiger partial charge < -0.3 is 14.5 Å². The molecular formula is C21H20F2N2O3. The molecule has 28 heavy (non-hydrogen) atoms. The Morgan fingerprint density at radius 1 is 0.857 bits per heavy atom. The van der Waals surface area contributed by atoms with Crippen LogP contribution in [0.5, 0.6) is 0 Å². The van der Waals surface area contributed by atoms with Gasteiger partial charge in [-0.1, -0.05) is 24.3 Å². The van der Waals surface area contributed by atoms with Gasteiger partial charge in [-0.2, -0.15) is 0 Å². The second kappa shape index (κ2) is 7.31. The number of carbonyl (C=O) groups is 2. The standard InChI is InChI=1S/C21H20F2N2O3/c22-18-4-2-1-3-17(18)20(27)25-11-9-24(10-12-25)19(26)15-5-7-16(8-6-15)21(23)13-28-14-21/h1-8H,9-14H2. The fourth-order valence-electron chi connectivity index (χ4n) is 3.46. The monoisotopic (exact) mass is 386 g/mol. The third-order valence-corrected chi connectivity index (χ3v) is 5.27. The van der Waals surface area contributed by atoms with Crippen LogP contribution in [0.3, 0.4) is 0 Å². The van der Waals surface area contributed by atoms with E-state index in [1.807, 2.05) is 0 Å². The van der Waals surface area contributed by atoms with Crippen LogP contribution in [0.25, 0.3) is 0 Å². The van der Waals surface area contributed by atoms with Crippen LogP contribution in [-0.2, 0) is 10.4 Å². The van der Waals surface area contributed by atoms with Gasteiger partial charge in [0.15, 0.2) is 5.67 Å². The lowest BCUT2D eigenvalue weighted by atomic mass is 9.93. The summed E-state index contributed by atoms with van der Waals surface area (Å²) in [6.07, 6.45) is 0. The summed E-state index contributed by atoms with van der Waals surface area (Å²) in [5.41, 5.74) is -0.435. The fourth-order valence-corrected chi connectivity index (χ4v) is 3.46. The van der Waals surface area contributed by atoms with Crippen molar-refractivity contribution in [2.24, 2.45) is 0 Å². The third kappa shape index (κ3) is 3.38. The summed E-state index contributed by atoms with van der Waals surface area (Å²) in [4.78, 5) is 28.4. The molecule has 0 spiro atoms. The molecule has 2 aliphatic heterocycles. The Balaban J connectivity index is 1.37. The van der Waals surface area contributed by atoms with Crippen molar-refractivity contribution in [1.29, 1.82) is 0 Å². The summed E-state index contributed by atoms with van der Waals surface area (Å²) >= 11 is 0. The summed E-state index contributed by atoms with van der Waals surface area (Å²) in [5.74, 6) is -1.08. The molecule has 4 rings (SSSR count). The van der Waals surface area contributed by atoms with Crippen LogP contribution in [0.1, 0.15) is 26.3 Å². The molecule has 2 aromatic carbocycles. The fraction of sp³-hybridized carbons (Fsp3) is 0.333. The van der Waals surface area contributed by atoms with Crippen molar-refractivity contribution in [2.45, 2.75) is 5.67 Å². The van der Waals surface area contributed by atoms with Gasteiger partial charge in [0.1, 0.15) is 5.82 Å². The average molecular weight is 386 g/mol. The molecule has 0 aliphatic carbocycles. The molecule has 2 saturated heterocycles. The highest BCUT2D eigenvalue weighted by atomic mass is 19.1. The summed E-state index contributed by atoms with van der Waals surface area (Å²) in [7, 11) is 0. The van der Waals surface area contributed by atoms with Gasteiger partial charge in [0, 0.05) is 31.7 Å². The van der Waals surface area contributed by atoms with E-state index >= 15 is 0 Å². The van der Waals surface area contributed by atoms with E-state index < -0.39 is 11.5 Å². The van der Waals surface area contributed by atoms with Gasteiger partial charge in [-0.3, -0.25) is 9.59 Å². The Hall–Kier alpha value is -2.80. The van der Waals surface area contributed by atoms with Gasteiger partial charge in [0.05, 0.1) is 18.8 Å². The number of halogens is 2. The van der Waals surface area contributed by atoms with E-state index in [1.165, 1.54) is 18.2 Å². The maximum atomic E-state index is 14.3. The highest BCUT2D eigenvalue weighted by Gasteiger charge is 2.40. The zero-order valence-electron chi connectivity index (χ0n) is 15.2. The number of ether oxygens (including phenoxy) is 1. The van der Waals surface area contributed by atoms with Crippen molar-refractivity contribution < 1.29 is 23.1 Å². The Labute approximate surface area is 161 Å². The van der Waals surface area contributed by atoms with E-state index in [0.29, 0.717) is 37.3 Å². The molecule has 7 heteroatoms. The number of alkyl halides is 1. The van der Waals surface area contributed by atoms with E-state index in [-0.39, 0.29) is 30.6 Å². The summed E-state index contributed by atoms with van der Waals surface area (Å²) in [6.45, 7) is 1.48. The van der Waals surface area contributed by atoms with Crippen LogP contribution in [0.4, 0.5) is 8.78 Å². The predicted octanol–water partition coefficient (Wildman–Crippen LogP) is 2.62. The largest absolute Gasteiger partial charge is 0.374 e. The van der Waals surface area contributed by atoms with Gasteiger partial charge >= 0.3 is 0 Å².